The van der Waals surface area contributed by atoms with Crippen LogP contribution >= 0.6 is 11.6 Å². The summed E-state index contributed by atoms with van der Waals surface area (Å²) in [6.45, 7) is 8.11. The zero-order valence-corrected chi connectivity index (χ0v) is 16.7. The molecule has 0 spiro atoms. The lowest BCUT2D eigenvalue weighted by molar-refractivity contribution is 0.0156. The number of oxazole rings is 1. The summed E-state index contributed by atoms with van der Waals surface area (Å²) in [5, 5.41) is 12.5. The van der Waals surface area contributed by atoms with Crippen LogP contribution in [0, 0.1) is 5.82 Å². The fraction of sp³-hybridized carbons (Fsp3) is 0.474. The van der Waals surface area contributed by atoms with Gasteiger partial charge in [-0.05, 0) is 32.0 Å². The molecule has 1 aliphatic heterocycles. The Morgan fingerprint density at radius 3 is 2.64 bits per heavy atom. The molecule has 7 nitrogen and oxygen atoms in total. The maximum absolute atomic E-state index is 13.2. The first kappa shape index (κ1) is 20.7. The maximum atomic E-state index is 13.2. The number of hydrogen-bond acceptors (Lipinski definition) is 6. The van der Waals surface area contributed by atoms with Crippen LogP contribution in [0.15, 0.2) is 28.9 Å². The van der Waals surface area contributed by atoms with Gasteiger partial charge in [0.1, 0.15) is 12.1 Å². The second-order valence-corrected chi connectivity index (χ2v) is 7.98. The number of nitrogens with zero attached hydrogens (tertiary/aromatic N) is 3. The van der Waals surface area contributed by atoms with Crippen LogP contribution in [0.3, 0.4) is 0 Å². The number of aliphatic hydroxyl groups is 1. The van der Waals surface area contributed by atoms with E-state index in [1.807, 2.05) is 0 Å². The van der Waals surface area contributed by atoms with Gasteiger partial charge in [-0.2, -0.15) is 0 Å². The molecular formula is C19H24ClFN4O3. The highest BCUT2D eigenvalue weighted by Gasteiger charge is 2.24. The predicted molar refractivity (Wildman–Crippen MR) is 104 cm³/mol. The Hall–Kier alpha value is -2.00. The molecule has 0 radical (unpaired) electrons. The third-order valence-electron chi connectivity index (χ3n) is 4.40. The van der Waals surface area contributed by atoms with Crippen molar-refractivity contribution in [1.29, 1.82) is 0 Å². The molecule has 0 saturated carbocycles. The van der Waals surface area contributed by atoms with E-state index in [1.165, 1.54) is 24.5 Å². The van der Waals surface area contributed by atoms with Crippen molar-refractivity contribution in [3.05, 3.63) is 46.9 Å². The largest absolute Gasteiger partial charge is 0.447 e. The molecule has 0 aliphatic carbocycles. The summed E-state index contributed by atoms with van der Waals surface area (Å²) in [6, 6.07) is 3.94. The van der Waals surface area contributed by atoms with Gasteiger partial charge < -0.3 is 14.8 Å². The minimum Gasteiger partial charge on any atom is -0.447 e. The van der Waals surface area contributed by atoms with Gasteiger partial charge in [0.05, 0.1) is 17.2 Å². The van der Waals surface area contributed by atoms with E-state index in [1.54, 1.807) is 13.8 Å². The molecule has 1 amide bonds. The number of halogens is 2. The molecule has 2 heterocycles. The lowest BCUT2D eigenvalue weighted by Gasteiger charge is -2.36. The molecule has 152 valence electrons. The van der Waals surface area contributed by atoms with Gasteiger partial charge in [-0.15, -0.1) is 0 Å². The summed E-state index contributed by atoms with van der Waals surface area (Å²) in [5.74, 6) is -0.545. The molecule has 0 bridgehead atoms. The second-order valence-electron chi connectivity index (χ2n) is 7.57. The molecule has 1 aromatic carbocycles. The van der Waals surface area contributed by atoms with Crippen molar-refractivity contribution >= 4 is 23.2 Å². The number of β-amino-alcohol motifs (C(OH)–C–C–N with tert-alkyl or cyclic N) is 1. The number of aromatic nitrogens is 1. The summed E-state index contributed by atoms with van der Waals surface area (Å²) in [6.07, 6.45) is 1.31. The van der Waals surface area contributed by atoms with E-state index in [0.29, 0.717) is 24.7 Å². The van der Waals surface area contributed by atoms with Crippen LogP contribution in [0.4, 0.5) is 10.1 Å². The summed E-state index contributed by atoms with van der Waals surface area (Å²) in [7, 11) is 0. The smallest absolute Gasteiger partial charge is 0.277 e. The van der Waals surface area contributed by atoms with Gasteiger partial charge in [0.15, 0.2) is 5.69 Å². The highest BCUT2D eigenvalue weighted by molar-refractivity contribution is 6.31. The number of nitrogens with one attached hydrogen (secondary N) is 1. The van der Waals surface area contributed by atoms with Crippen molar-refractivity contribution in [2.45, 2.75) is 26.0 Å². The molecule has 0 unspecified atom stereocenters. The van der Waals surface area contributed by atoms with E-state index in [4.69, 9.17) is 16.0 Å². The van der Waals surface area contributed by atoms with Gasteiger partial charge in [0, 0.05) is 38.4 Å². The molecule has 1 aliphatic rings. The Labute approximate surface area is 168 Å². The van der Waals surface area contributed by atoms with Gasteiger partial charge in [-0.25, -0.2) is 9.37 Å². The third-order valence-corrected chi connectivity index (χ3v) is 4.69. The van der Waals surface area contributed by atoms with Crippen molar-refractivity contribution in [2.75, 3.05) is 38.0 Å². The lowest BCUT2D eigenvalue weighted by atomic mass is 10.1. The van der Waals surface area contributed by atoms with Crippen molar-refractivity contribution in [1.82, 2.24) is 14.8 Å². The minimum absolute atomic E-state index is 0.0673. The molecule has 1 fully saturated rings. The monoisotopic (exact) mass is 410 g/mol. The van der Waals surface area contributed by atoms with Crippen LogP contribution in [0.25, 0.3) is 0 Å². The number of carbonyl (C=O) groups is 1. The zero-order chi connectivity index (χ0) is 20.3. The van der Waals surface area contributed by atoms with Crippen LogP contribution in [-0.2, 0) is 6.54 Å². The predicted octanol–water partition coefficient (Wildman–Crippen LogP) is 2.61. The first-order chi connectivity index (χ1) is 13.2. The standard InChI is InChI=1S/C19H24ClFN4O3/c1-19(2,27)12-25-7-5-24(6-8-25)10-17-23-16(11-28-17)18(26)22-13-3-4-15(21)14(20)9-13/h3-4,9,11,27H,5-8,10,12H2,1-2H3,(H,22,26). The molecule has 28 heavy (non-hydrogen) atoms. The SMILES string of the molecule is CC(C)(O)CN1CCN(Cc2nc(C(=O)Nc3ccc(F)c(Cl)c3)co2)CC1. The third kappa shape index (κ3) is 5.75. The van der Waals surface area contributed by atoms with Crippen LogP contribution in [0.5, 0.6) is 0 Å². The maximum Gasteiger partial charge on any atom is 0.277 e. The molecule has 2 N–H and O–H groups in total. The zero-order valence-electron chi connectivity index (χ0n) is 15.9. The summed E-state index contributed by atoms with van der Waals surface area (Å²) in [4.78, 5) is 20.9. The summed E-state index contributed by atoms with van der Waals surface area (Å²) < 4.78 is 18.6. The summed E-state index contributed by atoms with van der Waals surface area (Å²) >= 11 is 5.72. The minimum atomic E-state index is -0.707. The molecule has 0 atom stereocenters. The number of rotatable bonds is 6. The number of carbonyl (C=O) groups excluding carboxylic acids is 1. The van der Waals surface area contributed by atoms with Crippen molar-refractivity contribution < 1.29 is 18.7 Å². The molecule has 2 aromatic rings. The van der Waals surface area contributed by atoms with Crippen molar-refractivity contribution in [3.8, 4) is 0 Å². The average molecular weight is 411 g/mol. The second kappa shape index (κ2) is 8.57. The average Bonchev–Trinajstić information content (AvgIpc) is 3.07. The van der Waals surface area contributed by atoms with Crippen LogP contribution in [0.1, 0.15) is 30.2 Å². The molecular weight excluding hydrogens is 387 g/mol. The van der Waals surface area contributed by atoms with E-state index < -0.39 is 17.3 Å². The quantitative estimate of drug-likeness (QED) is 0.761. The van der Waals surface area contributed by atoms with Gasteiger partial charge in [0.2, 0.25) is 5.89 Å². The van der Waals surface area contributed by atoms with E-state index in [9.17, 15) is 14.3 Å². The number of anilines is 1. The van der Waals surface area contributed by atoms with Crippen molar-refractivity contribution in [2.24, 2.45) is 0 Å². The molecule has 3 rings (SSSR count). The fourth-order valence-electron chi connectivity index (χ4n) is 3.10. The van der Waals surface area contributed by atoms with Crippen LogP contribution in [-0.4, -0.2) is 64.1 Å². The Bertz CT molecular complexity index is 829. The van der Waals surface area contributed by atoms with Gasteiger partial charge in [-0.3, -0.25) is 14.6 Å². The van der Waals surface area contributed by atoms with E-state index in [2.05, 4.69) is 20.1 Å². The van der Waals surface area contributed by atoms with Crippen LogP contribution < -0.4 is 5.32 Å². The van der Waals surface area contributed by atoms with Gasteiger partial charge in [0.25, 0.3) is 5.91 Å². The van der Waals surface area contributed by atoms with E-state index in [-0.39, 0.29) is 10.7 Å². The van der Waals surface area contributed by atoms with Gasteiger partial charge in [-0.1, -0.05) is 11.6 Å². The number of benzene rings is 1. The highest BCUT2D eigenvalue weighted by atomic mass is 35.5. The molecule has 9 heteroatoms. The number of amides is 1. The topological polar surface area (TPSA) is 81.8 Å². The lowest BCUT2D eigenvalue weighted by Crippen LogP contribution is -2.50. The normalized spacial score (nSPS) is 16.3. The van der Waals surface area contributed by atoms with E-state index in [0.717, 1.165) is 26.2 Å². The molecule has 1 saturated heterocycles. The molecule has 1 aromatic heterocycles. The number of hydrogen-bond donors (Lipinski definition) is 2. The number of piperazine rings is 1. The first-order valence-corrected chi connectivity index (χ1v) is 9.45. The first-order valence-electron chi connectivity index (χ1n) is 9.07. The van der Waals surface area contributed by atoms with E-state index >= 15 is 0 Å². The highest BCUT2D eigenvalue weighted by Crippen LogP contribution is 2.20. The Balaban J connectivity index is 1.51. The van der Waals surface area contributed by atoms with Gasteiger partial charge >= 0.3 is 0 Å². The Kier molecular flexibility index (Phi) is 6.34. The van der Waals surface area contributed by atoms with Crippen molar-refractivity contribution in [3.63, 3.8) is 0 Å². The Morgan fingerprint density at radius 1 is 1.32 bits per heavy atom. The Morgan fingerprint density at radius 2 is 2.00 bits per heavy atom. The summed E-state index contributed by atoms with van der Waals surface area (Å²) in [5.41, 5.74) is -0.179. The fourth-order valence-corrected chi connectivity index (χ4v) is 3.28. The van der Waals surface area contributed by atoms with Crippen LogP contribution in [0.2, 0.25) is 5.02 Å².